The Labute approximate surface area is 134 Å². The molecular formula is C17H18FN5. The topological polar surface area (TPSA) is 55.6 Å². The average molecular weight is 311 g/mol. The molecule has 0 aliphatic rings. The number of anilines is 2. The summed E-state index contributed by atoms with van der Waals surface area (Å²) in [5, 5.41) is 15.8. The van der Waals surface area contributed by atoms with Crippen molar-refractivity contribution in [2.45, 2.75) is 26.3 Å². The molecule has 3 rings (SSSR count). The highest BCUT2D eigenvalue weighted by Gasteiger charge is 2.14. The number of nitrogens with zero attached hydrogens (tertiary/aromatic N) is 4. The molecule has 0 saturated carbocycles. The van der Waals surface area contributed by atoms with Gasteiger partial charge in [0.05, 0.1) is 23.1 Å². The Morgan fingerprint density at radius 3 is 2.30 bits per heavy atom. The van der Waals surface area contributed by atoms with Gasteiger partial charge in [-0.25, -0.2) is 4.39 Å². The van der Waals surface area contributed by atoms with E-state index >= 15 is 0 Å². The second-order valence-corrected chi connectivity index (χ2v) is 6.28. The Bertz CT molecular complexity index is 785. The molecule has 23 heavy (non-hydrogen) atoms. The maximum absolute atomic E-state index is 12.9. The standard InChI is InChI=1S/C17H18FN5/c1-17(2,3)23-11-14(10-19-23)20-16-9-8-15(21-22-16)12-4-6-13(18)7-5-12/h4-11H,1-3H3,(H,20,22). The Morgan fingerprint density at radius 2 is 1.74 bits per heavy atom. The van der Waals surface area contributed by atoms with Crippen molar-refractivity contribution in [3.63, 3.8) is 0 Å². The predicted octanol–water partition coefficient (Wildman–Crippen LogP) is 3.98. The minimum Gasteiger partial charge on any atom is -0.336 e. The van der Waals surface area contributed by atoms with Crippen molar-refractivity contribution in [2.75, 3.05) is 5.32 Å². The van der Waals surface area contributed by atoms with E-state index in [1.807, 2.05) is 23.0 Å². The summed E-state index contributed by atoms with van der Waals surface area (Å²) in [6, 6.07) is 9.85. The molecule has 2 aromatic heterocycles. The molecule has 0 atom stereocenters. The van der Waals surface area contributed by atoms with Gasteiger partial charge in [-0.15, -0.1) is 10.2 Å². The molecule has 0 radical (unpaired) electrons. The van der Waals surface area contributed by atoms with E-state index in [2.05, 4.69) is 41.4 Å². The lowest BCUT2D eigenvalue weighted by molar-refractivity contribution is 0.355. The summed E-state index contributed by atoms with van der Waals surface area (Å²) < 4.78 is 14.8. The molecule has 118 valence electrons. The van der Waals surface area contributed by atoms with E-state index in [4.69, 9.17) is 0 Å². The summed E-state index contributed by atoms with van der Waals surface area (Å²) in [5.41, 5.74) is 2.30. The van der Waals surface area contributed by atoms with Gasteiger partial charge in [0.2, 0.25) is 0 Å². The normalized spacial score (nSPS) is 11.5. The fraction of sp³-hybridized carbons (Fsp3) is 0.235. The van der Waals surface area contributed by atoms with Gasteiger partial charge in [-0.1, -0.05) is 0 Å². The van der Waals surface area contributed by atoms with Crippen molar-refractivity contribution >= 4 is 11.5 Å². The second kappa shape index (κ2) is 5.79. The van der Waals surface area contributed by atoms with Gasteiger partial charge in [-0.2, -0.15) is 5.10 Å². The second-order valence-electron chi connectivity index (χ2n) is 6.28. The first kappa shape index (κ1) is 15.1. The zero-order valence-corrected chi connectivity index (χ0v) is 13.3. The van der Waals surface area contributed by atoms with E-state index in [9.17, 15) is 4.39 Å². The number of halogens is 1. The van der Waals surface area contributed by atoms with Crippen LogP contribution in [0.1, 0.15) is 20.8 Å². The zero-order chi connectivity index (χ0) is 16.4. The van der Waals surface area contributed by atoms with E-state index in [1.54, 1.807) is 18.3 Å². The Balaban J connectivity index is 1.75. The number of hydrogen-bond donors (Lipinski definition) is 1. The first-order valence-corrected chi connectivity index (χ1v) is 7.34. The van der Waals surface area contributed by atoms with Gasteiger partial charge >= 0.3 is 0 Å². The van der Waals surface area contributed by atoms with E-state index < -0.39 is 0 Å². The summed E-state index contributed by atoms with van der Waals surface area (Å²) in [6.45, 7) is 6.25. The van der Waals surface area contributed by atoms with Gasteiger partial charge in [0, 0.05) is 11.8 Å². The maximum atomic E-state index is 12.9. The molecule has 0 aliphatic carbocycles. The summed E-state index contributed by atoms with van der Waals surface area (Å²) in [5.74, 6) is 0.361. The SMILES string of the molecule is CC(C)(C)n1cc(Nc2ccc(-c3ccc(F)cc3)nn2)cn1. The molecule has 0 amide bonds. The molecule has 0 unspecified atom stereocenters. The van der Waals surface area contributed by atoms with Crippen LogP contribution < -0.4 is 5.32 Å². The van der Waals surface area contributed by atoms with Crippen molar-refractivity contribution in [3.05, 3.63) is 54.6 Å². The molecule has 1 aromatic carbocycles. The monoisotopic (exact) mass is 311 g/mol. The number of aromatic nitrogens is 4. The van der Waals surface area contributed by atoms with Gasteiger partial charge in [-0.3, -0.25) is 4.68 Å². The fourth-order valence-corrected chi connectivity index (χ4v) is 2.08. The molecule has 2 heterocycles. The van der Waals surface area contributed by atoms with Crippen LogP contribution in [-0.4, -0.2) is 20.0 Å². The average Bonchev–Trinajstić information content (AvgIpc) is 2.98. The highest BCUT2D eigenvalue weighted by atomic mass is 19.1. The lowest BCUT2D eigenvalue weighted by Crippen LogP contribution is -2.21. The predicted molar refractivity (Wildman–Crippen MR) is 87.9 cm³/mol. The van der Waals surface area contributed by atoms with Crippen molar-refractivity contribution in [1.82, 2.24) is 20.0 Å². The first-order chi connectivity index (χ1) is 10.9. The molecule has 3 aromatic rings. The lowest BCUT2D eigenvalue weighted by Gasteiger charge is -2.18. The molecular weight excluding hydrogens is 293 g/mol. The van der Waals surface area contributed by atoms with Crippen molar-refractivity contribution in [3.8, 4) is 11.3 Å². The Morgan fingerprint density at radius 1 is 1.00 bits per heavy atom. The van der Waals surface area contributed by atoms with Crippen LogP contribution in [-0.2, 0) is 5.54 Å². The first-order valence-electron chi connectivity index (χ1n) is 7.34. The summed E-state index contributed by atoms with van der Waals surface area (Å²) in [6.07, 6.45) is 3.68. The fourth-order valence-electron chi connectivity index (χ4n) is 2.08. The van der Waals surface area contributed by atoms with Crippen molar-refractivity contribution in [2.24, 2.45) is 0 Å². The quantitative estimate of drug-likeness (QED) is 0.795. The van der Waals surface area contributed by atoms with E-state index in [0.29, 0.717) is 11.5 Å². The van der Waals surface area contributed by atoms with Gasteiger partial charge < -0.3 is 5.32 Å². The van der Waals surface area contributed by atoms with Gasteiger partial charge in [0.25, 0.3) is 0 Å². The molecule has 0 aliphatic heterocycles. The van der Waals surface area contributed by atoms with Crippen LogP contribution in [0.15, 0.2) is 48.8 Å². The minimum atomic E-state index is -0.268. The van der Waals surface area contributed by atoms with E-state index in [1.165, 1.54) is 12.1 Å². The van der Waals surface area contributed by atoms with Crippen LogP contribution in [0, 0.1) is 5.82 Å². The Hall–Kier alpha value is -2.76. The molecule has 1 N–H and O–H groups in total. The van der Waals surface area contributed by atoms with Crippen LogP contribution in [0.2, 0.25) is 0 Å². The molecule has 6 heteroatoms. The maximum Gasteiger partial charge on any atom is 0.153 e. The molecule has 5 nitrogen and oxygen atoms in total. The minimum absolute atomic E-state index is 0.0714. The highest BCUT2D eigenvalue weighted by Crippen LogP contribution is 2.20. The van der Waals surface area contributed by atoms with Crippen LogP contribution >= 0.6 is 0 Å². The number of hydrogen-bond acceptors (Lipinski definition) is 4. The molecule has 0 fully saturated rings. The van der Waals surface area contributed by atoms with Crippen molar-refractivity contribution < 1.29 is 4.39 Å². The number of benzene rings is 1. The summed E-state index contributed by atoms with van der Waals surface area (Å²) >= 11 is 0. The summed E-state index contributed by atoms with van der Waals surface area (Å²) in [4.78, 5) is 0. The van der Waals surface area contributed by atoms with Crippen LogP contribution in [0.25, 0.3) is 11.3 Å². The molecule has 0 spiro atoms. The smallest absolute Gasteiger partial charge is 0.153 e. The van der Waals surface area contributed by atoms with Crippen LogP contribution in [0.4, 0.5) is 15.9 Å². The van der Waals surface area contributed by atoms with Gasteiger partial charge in [-0.05, 0) is 57.2 Å². The third-order valence-electron chi connectivity index (χ3n) is 3.35. The summed E-state index contributed by atoms with van der Waals surface area (Å²) in [7, 11) is 0. The van der Waals surface area contributed by atoms with E-state index in [0.717, 1.165) is 11.3 Å². The Kier molecular flexibility index (Phi) is 3.82. The third-order valence-corrected chi connectivity index (χ3v) is 3.35. The third kappa shape index (κ3) is 3.53. The zero-order valence-electron chi connectivity index (χ0n) is 13.3. The lowest BCUT2D eigenvalue weighted by atomic mass is 10.1. The van der Waals surface area contributed by atoms with Crippen LogP contribution in [0.5, 0.6) is 0 Å². The number of nitrogens with one attached hydrogen (secondary N) is 1. The number of rotatable bonds is 3. The van der Waals surface area contributed by atoms with E-state index in [-0.39, 0.29) is 11.4 Å². The van der Waals surface area contributed by atoms with Crippen LogP contribution in [0.3, 0.4) is 0 Å². The van der Waals surface area contributed by atoms with Gasteiger partial charge in [0.15, 0.2) is 5.82 Å². The molecule has 0 saturated heterocycles. The van der Waals surface area contributed by atoms with Crippen molar-refractivity contribution in [1.29, 1.82) is 0 Å². The highest BCUT2D eigenvalue weighted by molar-refractivity contribution is 5.61. The molecule has 0 bridgehead atoms. The largest absolute Gasteiger partial charge is 0.336 e. The van der Waals surface area contributed by atoms with Gasteiger partial charge in [0.1, 0.15) is 5.82 Å².